The minimum Gasteiger partial charge on any atom is -0.455 e. The van der Waals surface area contributed by atoms with Crippen LogP contribution in [0.1, 0.15) is 80.2 Å². The Bertz CT molecular complexity index is 1910. The van der Waals surface area contributed by atoms with Gasteiger partial charge in [-0.15, -0.1) is 0 Å². The van der Waals surface area contributed by atoms with Gasteiger partial charge >= 0.3 is 18.2 Å². The third kappa shape index (κ3) is 10.6. The molecular weight excluding hydrogens is 810 g/mol. The summed E-state index contributed by atoms with van der Waals surface area (Å²) in [6.45, 7) is 11.9. The number of ketones is 2. The first-order valence-corrected chi connectivity index (χ1v) is 21.2. The molecule has 0 saturated carbocycles. The van der Waals surface area contributed by atoms with Gasteiger partial charge in [-0.25, -0.2) is 28.7 Å². The minimum atomic E-state index is -3.30. The lowest BCUT2D eigenvalue weighted by Gasteiger charge is -2.47. The Morgan fingerprint density at radius 3 is 2.32 bits per heavy atom. The highest BCUT2D eigenvalue weighted by Crippen LogP contribution is 2.41. The largest absolute Gasteiger partial charge is 0.455 e. The normalized spacial score (nSPS) is 35.9. The predicted molar refractivity (Wildman–Crippen MR) is 221 cm³/mol. The molecule has 3 saturated heterocycles. The van der Waals surface area contributed by atoms with Crippen molar-refractivity contribution in [1.82, 2.24) is 25.5 Å². The summed E-state index contributed by atoms with van der Waals surface area (Å²) >= 11 is 0. The quantitative estimate of drug-likeness (QED) is 0.124. The number of carbonyl (C=O) groups excluding carboxylic acids is 5. The number of cyclic esters (lactones) is 1. The second kappa shape index (κ2) is 19.8. The highest BCUT2D eigenvalue weighted by Gasteiger charge is 2.60. The molecule has 3 aliphatic rings. The van der Waals surface area contributed by atoms with Crippen LogP contribution in [0.2, 0.25) is 0 Å². The molecule has 2 aromatic rings. The van der Waals surface area contributed by atoms with E-state index in [0.29, 0.717) is 12.2 Å². The first-order chi connectivity index (χ1) is 29.1. The Balaban J connectivity index is 1.44. The maximum atomic E-state index is 16.9. The van der Waals surface area contributed by atoms with E-state index in [0.717, 1.165) is 18.1 Å². The number of alkyl halides is 1. The molecule has 0 bridgehead atoms. The summed E-state index contributed by atoms with van der Waals surface area (Å²) in [5.74, 6) is -6.13. The molecule has 3 aliphatic heterocycles. The number of hydrogen-bond donors (Lipinski definition) is 3. The Kier molecular flexibility index (Phi) is 15.5. The van der Waals surface area contributed by atoms with Crippen LogP contribution in [0.15, 0.2) is 42.7 Å². The van der Waals surface area contributed by atoms with Crippen molar-refractivity contribution in [2.45, 2.75) is 141 Å². The van der Waals surface area contributed by atoms with Crippen molar-refractivity contribution in [2.75, 3.05) is 27.2 Å². The van der Waals surface area contributed by atoms with Crippen molar-refractivity contribution in [3.63, 3.8) is 0 Å². The van der Waals surface area contributed by atoms with Crippen LogP contribution in [0.3, 0.4) is 0 Å². The number of esters is 1. The van der Waals surface area contributed by atoms with Gasteiger partial charge in [0, 0.05) is 48.3 Å². The summed E-state index contributed by atoms with van der Waals surface area (Å²) < 4.78 is 52.7. The first kappa shape index (κ1) is 48.4. The average Bonchev–Trinajstić information content (AvgIpc) is 3.55. The number of carbonyl (C=O) groups is 5. The number of likely N-dealkylation sites (N-methyl/N-ethyl adjacent to an activating group) is 1. The summed E-state index contributed by atoms with van der Waals surface area (Å²) in [6, 6.07) is 7.72. The fourth-order valence-corrected chi connectivity index (χ4v) is 8.95. The monoisotopic (exact) mass is 871 g/mol. The topological polar surface area (TPSA) is 214 Å². The van der Waals surface area contributed by atoms with E-state index in [1.165, 1.54) is 20.8 Å². The second-order valence-electron chi connectivity index (χ2n) is 17.5. The van der Waals surface area contributed by atoms with Crippen LogP contribution < -0.4 is 10.6 Å². The summed E-state index contributed by atoms with van der Waals surface area (Å²) in [5.41, 5.74) is -5.17. The molecule has 1 aromatic heterocycles. The smallest absolute Gasteiger partial charge is 0.408 e. The Morgan fingerprint density at radius 1 is 1.03 bits per heavy atom. The van der Waals surface area contributed by atoms with Gasteiger partial charge in [0.25, 0.3) is 5.67 Å². The first-order valence-electron chi connectivity index (χ1n) is 21.2. The number of rotatable bonds is 11. The van der Waals surface area contributed by atoms with Gasteiger partial charge in [-0.2, -0.15) is 0 Å². The molecule has 3 N–H and O–H groups in total. The molecule has 18 heteroatoms. The van der Waals surface area contributed by atoms with Gasteiger partial charge < -0.3 is 49.1 Å². The summed E-state index contributed by atoms with van der Waals surface area (Å²) in [4.78, 5) is 79.4. The van der Waals surface area contributed by atoms with E-state index in [2.05, 4.69) is 20.6 Å². The molecule has 2 amide bonds. The van der Waals surface area contributed by atoms with Gasteiger partial charge in [-0.1, -0.05) is 52.0 Å². The lowest BCUT2D eigenvalue weighted by molar-refractivity contribution is -0.292. The number of aliphatic hydroxyl groups excluding tert-OH is 1. The number of ether oxygens (including phenoxy) is 6. The number of benzene rings is 1. The van der Waals surface area contributed by atoms with E-state index < -0.39 is 101 Å². The number of halogens is 1. The van der Waals surface area contributed by atoms with Gasteiger partial charge in [0.05, 0.1) is 25.4 Å². The number of nitrogens with one attached hydrogen (secondary N) is 2. The van der Waals surface area contributed by atoms with Crippen LogP contribution in [0.4, 0.5) is 14.0 Å². The fraction of sp³-hybridized carbons (Fsp3) is 0.659. The third-order valence-electron chi connectivity index (χ3n) is 12.4. The number of fused-ring (bicyclic) bond motifs is 1. The van der Waals surface area contributed by atoms with Crippen LogP contribution in [0, 0.1) is 17.8 Å². The van der Waals surface area contributed by atoms with Gasteiger partial charge in [0.15, 0.2) is 23.5 Å². The molecule has 4 heterocycles. The van der Waals surface area contributed by atoms with Crippen LogP contribution in [0.25, 0.3) is 11.4 Å². The van der Waals surface area contributed by atoms with Gasteiger partial charge in [0.1, 0.15) is 29.7 Å². The van der Waals surface area contributed by atoms with Crippen molar-refractivity contribution in [3.05, 3.63) is 48.3 Å². The molecule has 13 atom stereocenters. The van der Waals surface area contributed by atoms with Crippen LogP contribution in [0.5, 0.6) is 0 Å². The maximum absolute atomic E-state index is 16.9. The molecule has 5 rings (SSSR count). The van der Waals surface area contributed by atoms with Crippen molar-refractivity contribution in [3.8, 4) is 11.4 Å². The van der Waals surface area contributed by atoms with Crippen molar-refractivity contribution < 1.29 is 61.9 Å². The number of amides is 2. The Hall–Kier alpha value is -4.62. The Morgan fingerprint density at radius 2 is 1.69 bits per heavy atom. The predicted octanol–water partition coefficient (Wildman–Crippen LogP) is 4.32. The number of nitrogens with zero attached hydrogens (tertiary/aromatic N) is 3. The molecule has 62 heavy (non-hydrogen) atoms. The number of alkyl carbamates (subject to hydrolysis) is 2. The van der Waals surface area contributed by atoms with Crippen LogP contribution in [-0.4, -0.2) is 137 Å². The molecule has 1 aromatic carbocycles. The average molecular weight is 872 g/mol. The molecule has 0 unspecified atom stereocenters. The van der Waals surface area contributed by atoms with Gasteiger partial charge in [-0.05, 0) is 72.7 Å². The van der Waals surface area contributed by atoms with Crippen LogP contribution in [-0.2, 0) is 49.4 Å². The summed E-state index contributed by atoms with van der Waals surface area (Å²) in [6.07, 6.45) is -4.38. The fourth-order valence-electron chi connectivity index (χ4n) is 8.95. The lowest BCUT2D eigenvalue weighted by Crippen LogP contribution is -2.62. The van der Waals surface area contributed by atoms with Gasteiger partial charge in [-0.3, -0.25) is 9.59 Å². The van der Waals surface area contributed by atoms with Crippen LogP contribution >= 0.6 is 0 Å². The standard InChI is InChI=1S/C44H62FN5O12/c1-11-31-44(8)34(49-41(56)62-44)26(4)32(51)24(2)22-42(6,61-40(55)48-19-20-57-23-28-13-15-29(16-14-28)37-46-17-12-18-47-37)36(27(5)35(53)43(7,45)39(54)59-31)60-38-33(52)30(50(9)10)21-25(3)58-38/h12-18,24-27,30-31,33-34,36,38,52H,11,19-23H2,1-10H3,(H,48,55)(H,49,56)/t24-,25-,26+,27+,30+,31-,33-,34-,36-,38+,42-,43+,44-/m1/s1. The number of aliphatic hydroxyl groups is 1. The molecule has 342 valence electrons. The highest BCUT2D eigenvalue weighted by molar-refractivity contribution is 6.08. The van der Waals surface area contributed by atoms with E-state index in [1.54, 1.807) is 65.2 Å². The molecular formula is C44H62FN5O12. The molecule has 17 nitrogen and oxygen atoms in total. The highest BCUT2D eigenvalue weighted by atomic mass is 19.1. The van der Waals surface area contributed by atoms with E-state index in [1.807, 2.05) is 24.3 Å². The molecule has 0 spiro atoms. The third-order valence-corrected chi connectivity index (χ3v) is 12.4. The van der Waals surface area contributed by atoms with Gasteiger partial charge in [0.2, 0.25) is 0 Å². The zero-order chi connectivity index (χ0) is 45.7. The van der Waals surface area contributed by atoms with E-state index in [9.17, 15) is 29.1 Å². The zero-order valence-corrected chi connectivity index (χ0v) is 37.2. The minimum absolute atomic E-state index is 0.0180. The molecule has 3 fully saturated rings. The van der Waals surface area contributed by atoms with E-state index in [4.69, 9.17) is 28.4 Å². The van der Waals surface area contributed by atoms with E-state index in [-0.39, 0.29) is 38.4 Å². The van der Waals surface area contributed by atoms with Crippen molar-refractivity contribution >= 4 is 29.7 Å². The Labute approximate surface area is 362 Å². The SMILES string of the molecule is CC[C@H]1OC(=O)[C@@](C)(F)C(=O)[C@H](C)[C@@H](O[C@@H]2O[C@H](C)C[C@H](N(C)C)[C@H]2O)[C@](C)(OC(=O)NCCOCc2ccc(-c3ncccn3)cc2)C[C@@H](C)C(=O)[C@H](C)[C@H]2NC(=O)O[C@@]21C. The molecule has 0 radical (unpaired) electrons. The zero-order valence-electron chi connectivity index (χ0n) is 37.2. The number of aromatic nitrogens is 2. The summed E-state index contributed by atoms with van der Waals surface area (Å²) in [5, 5.41) is 16.9. The van der Waals surface area contributed by atoms with Crippen molar-refractivity contribution in [2.24, 2.45) is 17.8 Å². The molecule has 0 aliphatic carbocycles. The summed E-state index contributed by atoms with van der Waals surface area (Å²) in [7, 11) is 3.55. The van der Waals surface area contributed by atoms with Crippen molar-refractivity contribution in [1.29, 1.82) is 0 Å². The number of hydrogen-bond acceptors (Lipinski definition) is 15. The number of Topliss-reactive ketones (excluding diaryl/α,β-unsaturated/α-hetero) is 2. The maximum Gasteiger partial charge on any atom is 0.408 e. The second-order valence-corrected chi connectivity index (χ2v) is 17.5. The lowest BCUT2D eigenvalue weighted by atomic mass is 9.73. The van der Waals surface area contributed by atoms with E-state index >= 15 is 4.39 Å².